The molecule has 0 saturated heterocycles. The molecule has 1 aromatic carbocycles. The lowest BCUT2D eigenvalue weighted by Gasteiger charge is -2.07. The van der Waals surface area contributed by atoms with Gasteiger partial charge < -0.3 is 14.6 Å². The molecule has 1 amide bonds. The molecule has 0 unspecified atom stereocenters. The molecular formula is C14H14F2N4O2. The predicted molar refractivity (Wildman–Crippen MR) is 72.6 cm³/mol. The Balaban J connectivity index is 1.59. The van der Waals surface area contributed by atoms with Crippen LogP contribution in [0.4, 0.5) is 8.78 Å². The molecule has 0 aliphatic carbocycles. The number of hydrogen-bond acceptors (Lipinski definition) is 4. The van der Waals surface area contributed by atoms with Crippen molar-refractivity contribution in [3.05, 3.63) is 41.5 Å². The second-order valence-corrected chi connectivity index (χ2v) is 4.87. The summed E-state index contributed by atoms with van der Waals surface area (Å²) >= 11 is 0. The first kappa shape index (κ1) is 14.4. The third-order valence-electron chi connectivity index (χ3n) is 3.43. The minimum Gasteiger partial charge on any atom is -0.435 e. The molecule has 6 nitrogen and oxygen atoms in total. The number of amides is 1. The molecule has 3 rings (SSSR count). The molecule has 22 heavy (non-hydrogen) atoms. The molecule has 116 valence electrons. The lowest BCUT2D eigenvalue weighted by Crippen LogP contribution is -2.24. The molecule has 0 atom stereocenters. The highest BCUT2D eigenvalue weighted by Gasteiger charge is 2.17. The van der Waals surface area contributed by atoms with Gasteiger partial charge in [0.1, 0.15) is 11.6 Å². The predicted octanol–water partition coefficient (Wildman–Crippen LogP) is 1.76. The number of aryl methyl sites for hydroxylation is 1. The fraction of sp³-hybridized carbons (Fsp3) is 0.357. The number of nitrogens with zero attached hydrogens (tertiary/aromatic N) is 3. The van der Waals surface area contributed by atoms with Gasteiger partial charge in [0, 0.05) is 18.5 Å². The van der Waals surface area contributed by atoms with Crippen molar-refractivity contribution < 1.29 is 18.3 Å². The van der Waals surface area contributed by atoms with Gasteiger partial charge in [-0.3, -0.25) is 4.79 Å². The van der Waals surface area contributed by atoms with Crippen LogP contribution in [-0.2, 0) is 19.5 Å². The summed E-state index contributed by atoms with van der Waals surface area (Å²) in [6.07, 6.45) is 1.95. The number of alkyl halides is 2. The summed E-state index contributed by atoms with van der Waals surface area (Å²) in [6.45, 7) is -1.73. The number of carbonyl (C=O) groups is 1. The molecule has 8 heteroatoms. The molecule has 0 fully saturated rings. The van der Waals surface area contributed by atoms with Crippen LogP contribution in [0.2, 0.25) is 0 Å². The molecule has 1 aliphatic rings. The molecule has 1 aromatic heterocycles. The largest absolute Gasteiger partial charge is 0.435 e. The Morgan fingerprint density at radius 3 is 2.82 bits per heavy atom. The maximum atomic E-state index is 12.0. The first-order valence-corrected chi connectivity index (χ1v) is 6.87. The molecule has 0 spiro atoms. The van der Waals surface area contributed by atoms with Gasteiger partial charge in [-0.1, -0.05) is 0 Å². The second kappa shape index (κ2) is 6.08. The number of ether oxygens (including phenoxy) is 1. The van der Waals surface area contributed by atoms with Crippen LogP contribution in [0.1, 0.15) is 28.4 Å². The first-order chi connectivity index (χ1) is 10.6. The average molecular weight is 308 g/mol. The zero-order valence-electron chi connectivity index (χ0n) is 11.6. The number of rotatable bonds is 5. The van der Waals surface area contributed by atoms with E-state index in [2.05, 4.69) is 20.3 Å². The fourth-order valence-corrected chi connectivity index (χ4v) is 2.39. The van der Waals surface area contributed by atoms with Crippen LogP contribution in [0, 0.1) is 0 Å². The summed E-state index contributed by atoms with van der Waals surface area (Å²) in [5, 5.41) is 10.8. The number of carbonyl (C=O) groups excluding carboxylic acids is 1. The summed E-state index contributed by atoms with van der Waals surface area (Å²) in [5.74, 6) is 1.37. The highest BCUT2D eigenvalue weighted by atomic mass is 19.3. The molecule has 2 heterocycles. The van der Waals surface area contributed by atoms with Gasteiger partial charge in [0.25, 0.3) is 5.91 Å². The summed E-state index contributed by atoms with van der Waals surface area (Å²) in [6, 6.07) is 5.52. The number of nitrogens with one attached hydrogen (secondary N) is 1. The minimum absolute atomic E-state index is 0.0156. The maximum Gasteiger partial charge on any atom is 0.387 e. The van der Waals surface area contributed by atoms with E-state index in [0.29, 0.717) is 5.56 Å². The van der Waals surface area contributed by atoms with Gasteiger partial charge in [-0.25, -0.2) is 0 Å². The van der Waals surface area contributed by atoms with Crippen molar-refractivity contribution >= 4 is 5.91 Å². The smallest absolute Gasteiger partial charge is 0.387 e. The standard InChI is InChI=1S/C14H14F2N4O2/c15-14(16)22-10-5-3-9(4-6-10)13(21)17-8-12-19-18-11-2-1-7-20(11)12/h3-6,14H,1-2,7-8H2,(H,17,21). The number of benzene rings is 1. The van der Waals surface area contributed by atoms with Gasteiger partial charge in [0.2, 0.25) is 0 Å². The summed E-state index contributed by atoms with van der Waals surface area (Å²) < 4.78 is 30.3. The van der Waals surface area contributed by atoms with Crippen LogP contribution >= 0.6 is 0 Å². The molecule has 0 bridgehead atoms. The van der Waals surface area contributed by atoms with E-state index >= 15 is 0 Å². The fourth-order valence-electron chi connectivity index (χ4n) is 2.39. The van der Waals surface area contributed by atoms with E-state index in [0.717, 1.165) is 31.0 Å². The Morgan fingerprint density at radius 2 is 2.09 bits per heavy atom. The molecule has 1 N–H and O–H groups in total. The van der Waals surface area contributed by atoms with E-state index in [1.807, 2.05) is 4.57 Å². The van der Waals surface area contributed by atoms with E-state index in [-0.39, 0.29) is 18.2 Å². The average Bonchev–Trinajstić information content (AvgIpc) is 3.08. The van der Waals surface area contributed by atoms with Crippen molar-refractivity contribution in [2.45, 2.75) is 32.5 Å². The lowest BCUT2D eigenvalue weighted by atomic mass is 10.2. The summed E-state index contributed by atoms with van der Waals surface area (Å²) in [5.41, 5.74) is 0.364. The SMILES string of the molecule is O=C(NCc1nnc2n1CCC2)c1ccc(OC(F)F)cc1. The first-order valence-electron chi connectivity index (χ1n) is 6.87. The highest BCUT2D eigenvalue weighted by Crippen LogP contribution is 2.16. The van der Waals surface area contributed by atoms with E-state index in [9.17, 15) is 13.6 Å². The normalized spacial score (nSPS) is 13.2. The van der Waals surface area contributed by atoms with Crippen LogP contribution in [0.15, 0.2) is 24.3 Å². The topological polar surface area (TPSA) is 69.0 Å². The highest BCUT2D eigenvalue weighted by molar-refractivity contribution is 5.94. The van der Waals surface area contributed by atoms with E-state index < -0.39 is 6.61 Å². The van der Waals surface area contributed by atoms with Crippen molar-refractivity contribution in [2.24, 2.45) is 0 Å². The monoisotopic (exact) mass is 308 g/mol. The Kier molecular flexibility index (Phi) is 3.99. The Morgan fingerprint density at radius 1 is 1.32 bits per heavy atom. The van der Waals surface area contributed by atoms with Crippen molar-refractivity contribution in [2.75, 3.05) is 0 Å². The van der Waals surface area contributed by atoms with Crippen LogP contribution in [-0.4, -0.2) is 27.3 Å². The van der Waals surface area contributed by atoms with Gasteiger partial charge in [-0.05, 0) is 30.7 Å². The lowest BCUT2D eigenvalue weighted by molar-refractivity contribution is -0.0498. The molecule has 2 aromatic rings. The van der Waals surface area contributed by atoms with Crippen molar-refractivity contribution in [3.63, 3.8) is 0 Å². The Hall–Kier alpha value is -2.51. The van der Waals surface area contributed by atoms with Crippen molar-refractivity contribution in [1.29, 1.82) is 0 Å². The van der Waals surface area contributed by atoms with E-state index in [4.69, 9.17) is 0 Å². The van der Waals surface area contributed by atoms with Crippen molar-refractivity contribution in [1.82, 2.24) is 20.1 Å². The maximum absolute atomic E-state index is 12.0. The molecular weight excluding hydrogens is 294 g/mol. The summed E-state index contributed by atoms with van der Waals surface area (Å²) in [7, 11) is 0. The van der Waals surface area contributed by atoms with Crippen LogP contribution in [0.5, 0.6) is 5.75 Å². The number of hydrogen-bond donors (Lipinski definition) is 1. The van der Waals surface area contributed by atoms with Gasteiger partial charge >= 0.3 is 6.61 Å². The molecule has 0 radical (unpaired) electrons. The van der Waals surface area contributed by atoms with Crippen LogP contribution < -0.4 is 10.1 Å². The number of fused-ring (bicyclic) bond motifs is 1. The van der Waals surface area contributed by atoms with Crippen LogP contribution in [0.25, 0.3) is 0 Å². The summed E-state index contributed by atoms with van der Waals surface area (Å²) in [4.78, 5) is 12.0. The zero-order valence-corrected chi connectivity index (χ0v) is 11.6. The minimum atomic E-state index is -2.88. The van der Waals surface area contributed by atoms with Gasteiger partial charge in [-0.15, -0.1) is 10.2 Å². The zero-order chi connectivity index (χ0) is 15.5. The molecule has 1 aliphatic heterocycles. The van der Waals surface area contributed by atoms with Gasteiger partial charge in [-0.2, -0.15) is 8.78 Å². The van der Waals surface area contributed by atoms with E-state index in [1.54, 1.807) is 0 Å². The van der Waals surface area contributed by atoms with Gasteiger partial charge in [0.15, 0.2) is 5.82 Å². The van der Waals surface area contributed by atoms with Crippen LogP contribution in [0.3, 0.4) is 0 Å². The quantitative estimate of drug-likeness (QED) is 0.914. The molecule has 0 saturated carbocycles. The van der Waals surface area contributed by atoms with E-state index in [1.165, 1.54) is 24.3 Å². The number of halogens is 2. The third kappa shape index (κ3) is 3.05. The second-order valence-electron chi connectivity index (χ2n) is 4.87. The Labute approximate surface area is 125 Å². The number of aromatic nitrogens is 3. The Bertz CT molecular complexity index is 670. The van der Waals surface area contributed by atoms with Gasteiger partial charge in [0.05, 0.1) is 6.54 Å². The van der Waals surface area contributed by atoms with Crippen molar-refractivity contribution in [3.8, 4) is 5.75 Å². The third-order valence-corrected chi connectivity index (χ3v) is 3.43.